The maximum Gasteiger partial charge on any atom is 0.322 e. The van der Waals surface area contributed by atoms with Gasteiger partial charge in [0.05, 0.1) is 13.7 Å². The Morgan fingerprint density at radius 2 is 2.04 bits per heavy atom. The van der Waals surface area contributed by atoms with E-state index >= 15 is 0 Å². The number of nitrogens with one attached hydrogen (secondary N) is 1. The van der Waals surface area contributed by atoms with E-state index in [1.165, 1.54) is 6.33 Å². The molecule has 0 radical (unpaired) electrons. The van der Waals surface area contributed by atoms with Crippen molar-refractivity contribution in [2.75, 3.05) is 50.1 Å². The van der Waals surface area contributed by atoms with Crippen molar-refractivity contribution in [1.82, 2.24) is 19.9 Å². The van der Waals surface area contributed by atoms with Crippen molar-refractivity contribution in [1.29, 1.82) is 0 Å². The van der Waals surface area contributed by atoms with Crippen molar-refractivity contribution in [3.63, 3.8) is 0 Å². The Labute approximate surface area is 152 Å². The van der Waals surface area contributed by atoms with E-state index in [0.717, 1.165) is 5.82 Å². The number of hydrogen-bond donors (Lipinski definition) is 1. The van der Waals surface area contributed by atoms with Gasteiger partial charge in [-0.05, 0) is 19.1 Å². The summed E-state index contributed by atoms with van der Waals surface area (Å²) in [6.45, 7) is 4.89. The lowest BCUT2D eigenvalue weighted by Gasteiger charge is -2.35. The number of carbonyl (C=O) groups is 1. The van der Waals surface area contributed by atoms with E-state index in [2.05, 4.69) is 25.2 Å². The fraction of sp³-hybridized carbons (Fsp3) is 0.412. The first-order chi connectivity index (χ1) is 12.7. The number of aromatic nitrogens is 3. The molecule has 0 unspecified atom stereocenters. The summed E-state index contributed by atoms with van der Waals surface area (Å²) in [5, 5.41) is 2.87. The third kappa shape index (κ3) is 4.11. The van der Waals surface area contributed by atoms with Crippen LogP contribution in [0.5, 0.6) is 11.8 Å². The summed E-state index contributed by atoms with van der Waals surface area (Å²) in [6, 6.07) is 5.16. The SMILES string of the molecule is CCOc1ncccc1NC(=O)N1CCN(c2cc(OC)ncn2)CC1. The number of carbonyl (C=O) groups excluding carboxylic acids is 1. The highest BCUT2D eigenvalue weighted by Gasteiger charge is 2.23. The first-order valence-electron chi connectivity index (χ1n) is 8.46. The molecule has 0 spiro atoms. The van der Waals surface area contributed by atoms with Crippen LogP contribution in [0.1, 0.15) is 6.92 Å². The van der Waals surface area contributed by atoms with E-state index in [1.807, 2.05) is 6.92 Å². The first-order valence-corrected chi connectivity index (χ1v) is 8.46. The standard InChI is InChI=1S/C17H22N6O3/c1-3-26-16-13(5-4-6-18-16)21-17(24)23-9-7-22(8-10-23)14-11-15(25-2)20-12-19-14/h4-6,11-12H,3,7-10H2,1-2H3,(H,21,24). The summed E-state index contributed by atoms with van der Waals surface area (Å²) in [7, 11) is 1.57. The maximum absolute atomic E-state index is 12.5. The van der Waals surface area contributed by atoms with Crippen molar-refractivity contribution in [3.05, 3.63) is 30.7 Å². The molecule has 9 nitrogen and oxygen atoms in total. The normalized spacial score (nSPS) is 14.1. The Bertz CT molecular complexity index is 749. The smallest absolute Gasteiger partial charge is 0.322 e. The van der Waals surface area contributed by atoms with Gasteiger partial charge in [0.1, 0.15) is 17.8 Å². The summed E-state index contributed by atoms with van der Waals surface area (Å²) < 4.78 is 10.6. The molecule has 0 atom stereocenters. The van der Waals surface area contributed by atoms with Crippen molar-refractivity contribution < 1.29 is 14.3 Å². The quantitative estimate of drug-likeness (QED) is 0.868. The van der Waals surface area contributed by atoms with Crippen molar-refractivity contribution in [2.45, 2.75) is 6.92 Å². The van der Waals surface area contributed by atoms with E-state index in [4.69, 9.17) is 9.47 Å². The van der Waals surface area contributed by atoms with Gasteiger partial charge in [-0.2, -0.15) is 0 Å². The molecule has 138 valence electrons. The van der Waals surface area contributed by atoms with Crippen LogP contribution in [0.4, 0.5) is 16.3 Å². The molecule has 26 heavy (non-hydrogen) atoms. The Hall–Kier alpha value is -3.10. The van der Waals surface area contributed by atoms with E-state index in [1.54, 1.807) is 36.4 Å². The minimum atomic E-state index is -0.168. The van der Waals surface area contributed by atoms with Crippen LogP contribution in [0, 0.1) is 0 Å². The van der Waals surface area contributed by atoms with Gasteiger partial charge in [-0.3, -0.25) is 0 Å². The van der Waals surface area contributed by atoms with Gasteiger partial charge in [-0.25, -0.2) is 19.7 Å². The molecule has 2 aromatic rings. The lowest BCUT2D eigenvalue weighted by atomic mass is 10.3. The van der Waals surface area contributed by atoms with Crippen LogP contribution in [-0.4, -0.2) is 65.8 Å². The van der Waals surface area contributed by atoms with Crippen LogP contribution >= 0.6 is 0 Å². The van der Waals surface area contributed by atoms with Crippen LogP contribution in [0.2, 0.25) is 0 Å². The van der Waals surface area contributed by atoms with E-state index in [9.17, 15) is 4.79 Å². The van der Waals surface area contributed by atoms with Crippen LogP contribution in [0.3, 0.4) is 0 Å². The second-order valence-corrected chi connectivity index (χ2v) is 5.61. The third-order valence-electron chi connectivity index (χ3n) is 4.02. The third-order valence-corrected chi connectivity index (χ3v) is 4.02. The molecule has 0 saturated carbocycles. The molecule has 0 bridgehead atoms. The molecule has 1 N–H and O–H groups in total. The van der Waals surface area contributed by atoms with Gasteiger partial charge in [0.25, 0.3) is 0 Å². The average molecular weight is 358 g/mol. The summed E-state index contributed by atoms with van der Waals surface area (Å²) in [4.78, 5) is 28.8. The Morgan fingerprint density at radius 3 is 2.77 bits per heavy atom. The second kappa shape index (κ2) is 8.32. The zero-order valence-corrected chi connectivity index (χ0v) is 14.9. The number of piperazine rings is 1. The predicted molar refractivity (Wildman–Crippen MR) is 96.8 cm³/mol. The van der Waals surface area contributed by atoms with Gasteiger partial charge in [-0.1, -0.05) is 0 Å². The number of urea groups is 1. The number of amides is 2. The molecule has 1 aliphatic heterocycles. The maximum atomic E-state index is 12.5. The Morgan fingerprint density at radius 1 is 1.23 bits per heavy atom. The van der Waals surface area contributed by atoms with Crippen LogP contribution < -0.4 is 19.7 Å². The zero-order chi connectivity index (χ0) is 18.4. The van der Waals surface area contributed by atoms with Gasteiger partial charge in [0, 0.05) is 38.4 Å². The molecule has 1 fully saturated rings. The number of pyridine rings is 1. The second-order valence-electron chi connectivity index (χ2n) is 5.61. The summed E-state index contributed by atoms with van der Waals surface area (Å²) in [6.07, 6.45) is 3.11. The van der Waals surface area contributed by atoms with Gasteiger partial charge in [-0.15, -0.1) is 0 Å². The Kier molecular flexibility index (Phi) is 5.67. The average Bonchev–Trinajstić information content (AvgIpc) is 2.70. The lowest BCUT2D eigenvalue weighted by Crippen LogP contribution is -2.50. The predicted octanol–water partition coefficient (Wildman–Crippen LogP) is 1.63. The van der Waals surface area contributed by atoms with Crippen molar-refractivity contribution >= 4 is 17.5 Å². The van der Waals surface area contributed by atoms with Gasteiger partial charge < -0.3 is 24.6 Å². The number of nitrogens with zero attached hydrogens (tertiary/aromatic N) is 5. The van der Waals surface area contributed by atoms with Crippen LogP contribution in [0.25, 0.3) is 0 Å². The van der Waals surface area contributed by atoms with Gasteiger partial charge in [0.2, 0.25) is 11.8 Å². The number of anilines is 2. The molecule has 3 rings (SSSR count). The molecular weight excluding hydrogens is 336 g/mol. The highest BCUT2D eigenvalue weighted by Crippen LogP contribution is 2.22. The largest absolute Gasteiger partial charge is 0.481 e. The monoisotopic (exact) mass is 358 g/mol. The van der Waals surface area contributed by atoms with Crippen LogP contribution in [0.15, 0.2) is 30.7 Å². The summed E-state index contributed by atoms with van der Waals surface area (Å²) >= 11 is 0. The zero-order valence-electron chi connectivity index (χ0n) is 14.9. The number of methoxy groups -OCH3 is 1. The van der Waals surface area contributed by atoms with Gasteiger partial charge in [0.15, 0.2) is 0 Å². The molecule has 2 amide bonds. The lowest BCUT2D eigenvalue weighted by molar-refractivity contribution is 0.208. The van der Waals surface area contributed by atoms with Crippen molar-refractivity contribution in [3.8, 4) is 11.8 Å². The van der Waals surface area contributed by atoms with E-state index < -0.39 is 0 Å². The number of ether oxygens (including phenoxy) is 2. The van der Waals surface area contributed by atoms with Crippen LogP contribution in [-0.2, 0) is 0 Å². The molecule has 9 heteroatoms. The van der Waals surface area contributed by atoms with Crippen molar-refractivity contribution in [2.24, 2.45) is 0 Å². The number of rotatable bonds is 5. The summed E-state index contributed by atoms with van der Waals surface area (Å²) in [5.41, 5.74) is 0.572. The molecule has 3 heterocycles. The molecular formula is C17H22N6O3. The molecule has 1 saturated heterocycles. The minimum absolute atomic E-state index is 0.168. The number of hydrogen-bond acceptors (Lipinski definition) is 7. The van der Waals surface area contributed by atoms with Gasteiger partial charge >= 0.3 is 6.03 Å². The topological polar surface area (TPSA) is 92.7 Å². The molecule has 0 aliphatic carbocycles. The first kappa shape index (κ1) is 17.7. The molecule has 1 aliphatic rings. The van der Waals surface area contributed by atoms with E-state index in [0.29, 0.717) is 50.2 Å². The van der Waals surface area contributed by atoms with E-state index in [-0.39, 0.29) is 6.03 Å². The Balaban J connectivity index is 1.58. The summed E-state index contributed by atoms with van der Waals surface area (Å²) in [5.74, 6) is 1.74. The molecule has 2 aromatic heterocycles. The highest BCUT2D eigenvalue weighted by atomic mass is 16.5. The fourth-order valence-corrected chi connectivity index (χ4v) is 2.69. The highest BCUT2D eigenvalue weighted by molar-refractivity contribution is 5.90. The fourth-order valence-electron chi connectivity index (χ4n) is 2.69. The minimum Gasteiger partial charge on any atom is -0.481 e. The molecule has 0 aromatic carbocycles.